The van der Waals surface area contributed by atoms with Crippen LogP contribution in [-0.2, 0) is 7.05 Å². The van der Waals surface area contributed by atoms with Crippen molar-refractivity contribution in [3.05, 3.63) is 36.2 Å². The van der Waals surface area contributed by atoms with Crippen LogP contribution in [0.4, 0.5) is 10.8 Å². The van der Waals surface area contributed by atoms with E-state index in [1.807, 2.05) is 13.2 Å². The number of benzene rings is 1. The van der Waals surface area contributed by atoms with Crippen molar-refractivity contribution in [2.45, 2.75) is 6.92 Å². The highest BCUT2D eigenvalue weighted by molar-refractivity contribution is 7.22. The summed E-state index contributed by atoms with van der Waals surface area (Å²) in [6, 6.07) is 6.31. The van der Waals surface area contributed by atoms with Crippen molar-refractivity contribution in [1.29, 1.82) is 0 Å². The number of anilines is 2. The summed E-state index contributed by atoms with van der Waals surface area (Å²) in [7, 11) is 1.90. The van der Waals surface area contributed by atoms with Gasteiger partial charge in [0.1, 0.15) is 0 Å². The molecule has 2 heterocycles. The number of hydrogen-bond acceptors (Lipinski definition) is 4. The maximum absolute atomic E-state index is 4.55. The summed E-state index contributed by atoms with van der Waals surface area (Å²) in [5.74, 6) is 0. The van der Waals surface area contributed by atoms with Gasteiger partial charge in [0.25, 0.3) is 0 Å². The molecule has 0 saturated carbocycles. The lowest BCUT2D eigenvalue weighted by atomic mass is 10.2. The van der Waals surface area contributed by atoms with Gasteiger partial charge in [0.05, 0.1) is 22.1 Å². The molecule has 0 amide bonds. The zero-order chi connectivity index (χ0) is 11.8. The van der Waals surface area contributed by atoms with Crippen LogP contribution in [0.3, 0.4) is 0 Å². The van der Waals surface area contributed by atoms with Gasteiger partial charge in [-0.15, -0.1) is 0 Å². The molecule has 86 valence electrons. The van der Waals surface area contributed by atoms with E-state index in [4.69, 9.17) is 0 Å². The summed E-state index contributed by atoms with van der Waals surface area (Å²) in [4.78, 5) is 4.55. The number of nitrogens with zero attached hydrogens (tertiary/aromatic N) is 3. The number of rotatable bonds is 2. The molecule has 3 rings (SSSR count). The van der Waals surface area contributed by atoms with Gasteiger partial charge in [-0.05, 0) is 24.6 Å². The van der Waals surface area contributed by atoms with E-state index in [1.54, 1.807) is 22.2 Å². The summed E-state index contributed by atoms with van der Waals surface area (Å²) in [6.07, 6.45) is 3.72. The minimum absolute atomic E-state index is 0.901. The molecule has 0 spiro atoms. The molecule has 4 nitrogen and oxygen atoms in total. The van der Waals surface area contributed by atoms with Gasteiger partial charge >= 0.3 is 0 Å². The second-order valence-electron chi connectivity index (χ2n) is 4.02. The predicted octanol–water partition coefficient (Wildman–Crippen LogP) is 3.08. The lowest BCUT2D eigenvalue weighted by Crippen LogP contribution is -1.87. The molecule has 1 aromatic carbocycles. The fraction of sp³-hybridized carbons (Fsp3) is 0.167. The zero-order valence-corrected chi connectivity index (χ0v) is 10.5. The number of nitrogens with one attached hydrogen (secondary N) is 1. The molecule has 0 saturated heterocycles. The van der Waals surface area contributed by atoms with Crippen LogP contribution in [0.2, 0.25) is 0 Å². The van der Waals surface area contributed by atoms with Gasteiger partial charge in [0.2, 0.25) is 0 Å². The third-order valence-corrected chi connectivity index (χ3v) is 3.45. The molecule has 3 aromatic rings. The minimum Gasteiger partial charge on any atom is -0.329 e. The first-order chi connectivity index (χ1) is 8.20. The quantitative estimate of drug-likeness (QED) is 0.753. The second kappa shape index (κ2) is 3.85. The van der Waals surface area contributed by atoms with E-state index in [-0.39, 0.29) is 0 Å². The molecule has 0 aliphatic carbocycles. The predicted molar refractivity (Wildman–Crippen MR) is 70.8 cm³/mol. The SMILES string of the molecule is Cc1ccc2sc(Nc3cnn(C)c3)nc2c1. The van der Waals surface area contributed by atoms with Crippen molar-refractivity contribution in [2.24, 2.45) is 7.05 Å². The summed E-state index contributed by atoms with van der Waals surface area (Å²) in [5.41, 5.74) is 3.24. The molecule has 0 atom stereocenters. The van der Waals surface area contributed by atoms with Gasteiger partial charge in [-0.2, -0.15) is 5.10 Å². The van der Waals surface area contributed by atoms with Gasteiger partial charge in [0.15, 0.2) is 5.13 Å². The molecule has 0 fully saturated rings. The van der Waals surface area contributed by atoms with Crippen molar-refractivity contribution in [3.8, 4) is 0 Å². The van der Waals surface area contributed by atoms with Gasteiger partial charge in [-0.25, -0.2) is 4.98 Å². The minimum atomic E-state index is 0.901. The monoisotopic (exact) mass is 244 g/mol. The molecule has 0 aliphatic rings. The Morgan fingerprint density at radius 1 is 1.35 bits per heavy atom. The maximum Gasteiger partial charge on any atom is 0.188 e. The summed E-state index contributed by atoms with van der Waals surface area (Å²) in [5, 5.41) is 8.27. The molecule has 0 radical (unpaired) electrons. The van der Waals surface area contributed by atoms with E-state index >= 15 is 0 Å². The average molecular weight is 244 g/mol. The molecule has 1 N–H and O–H groups in total. The zero-order valence-electron chi connectivity index (χ0n) is 9.64. The van der Waals surface area contributed by atoms with Crippen molar-refractivity contribution < 1.29 is 0 Å². The van der Waals surface area contributed by atoms with Crippen molar-refractivity contribution in [1.82, 2.24) is 14.8 Å². The topological polar surface area (TPSA) is 42.7 Å². The first-order valence-electron chi connectivity index (χ1n) is 5.33. The standard InChI is InChI=1S/C12H12N4S/c1-8-3-4-11-10(5-8)15-12(17-11)14-9-6-13-16(2)7-9/h3-7H,1-2H3,(H,14,15). The Kier molecular flexibility index (Phi) is 2.33. The molecule has 5 heteroatoms. The highest BCUT2D eigenvalue weighted by atomic mass is 32.1. The van der Waals surface area contributed by atoms with Gasteiger partial charge in [-0.3, -0.25) is 4.68 Å². The third-order valence-electron chi connectivity index (χ3n) is 2.50. The lowest BCUT2D eigenvalue weighted by molar-refractivity contribution is 0.768. The Balaban J connectivity index is 1.95. The van der Waals surface area contributed by atoms with E-state index in [9.17, 15) is 0 Å². The van der Waals surface area contributed by atoms with E-state index in [2.05, 4.69) is 40.5 Å². The van der Waals surface area contributed by atoms with E-state index in [0.717, 1.165) is 16.3 Å². The third kappa shape index (κ3) is 2.01. The van der Waals surface area contributed by atoms with Gasteiger partial charge in [0, 0.05) is 13.2 Å². The maximum atomic E-state index is 4.55. The Bertz CT molecular complexity index is 668. The van der Waals surface area contributed by atoms with Crippen LogP contribution >= 0.6 is 11.3 Å². The largest absolute Gasteiger partial charge is 0.329 e. The molecular formula is C12H12N4S. The van der Waals surface area contributed by atoms with Crippen molar-refractivity contribution in [2.75, 3.05) is 5.32 Å². The first-order valence-corrected chi connectivity index (χ1v) is 6.15. The van der Waals surface area contributed by atoms with Crippen LogP contribution in [0, 0.1) is 6.92 Å². The van der Waals surface area contributed by atoms with Crippen molar-refractivity contribution >= 4 is 32.4 Å². The van der Waals surface area contributed by atoms with Crippen LogP contribution < -0.4 is 5.32 Å². The highest BCUT2D eigenvalue weighted by Crippen LogP contribution is 2.28. The molecule has 0 unspecified atom stereocenters. The van der Waals surface area contributed by atoms with Gasteiger partial charge in [-0.1, -0.05) is 17.4 Å². The number of thiazole rings is 1. The van der Waals surface area contributed by atoms with E-state index in [0.29, 0.717) is 0 Å². The average Bonchev–Trinajstić information content (AvgIpc) is 2.84. The molecule has 2 aromatic heterocycles. The second-order valence-corrected chi connectivity index (χ2v) is 5.05. The summed E-state index contributed by atoms with van der Waals surface area (Å²) < 4.78 is 2.96. The number of hydrogen-bond donors (Lipinski definition) is 1. The molecule has 17 heavy (non-hydrogen) atoms. The first kappa shape index (κ1) is 10.3. The van der Waals surface area contributed by atoms with Crippen LogP contribution in [0.5, 0.6) is 0 Å². The normalized spacial score (nSPS) is 10.9. The van der Waals surface area contributed by atoms with Crippen LogP contribution in [0.25, 0.3) is 10.2 Å². The van der Waals surface area contributed by atoms with Crippen LogP contribution in [0.1, 0.15) is 5.56 Å². The Morgan fingerprint density at radius 2 is 2.24 bits per heavy atom. The Hall–Kier alpha value is -1.88. The van der Waals surface area contributed by atoms with Crippen LogP contribution in [-0.4, -0.2) is 14.8 Å². The molecule has 0 aliphatic heterocycles. The number of aryl methyl sites for hydroxylation is 2. The van der Waals surface area contributed by atoms with Crippen LogP contribution in [0.15, 0.2) is 30.6 Å². The Morgan fingerprint density at radius 3 is 3.00 bits per heavy atom. The lowest BCUT2D eigenvalue weighted by Gasteiger charge is -1.94. The van der Waals surface area contributed by atoms with E-state index in [1.165, 1.54) is 10.3 Å². The highest BCUT2D eigenvalue weighted by Gasteiger charge is 2.04. The van der Waals surface area contributed by atoms with Gasteiger partial charge < -0.3 is 5.32 Å². The Labute approximate surface area is 103 Å². The fourth-order valence-electron chi connectivity index (χ4n) is 1.70. The number of aromatic nitrogens is 3. The fourth-order valence-corrected chi connectivity index (χ4v) is 2.57. The summed E-state index contributed by atoms with van der Waals surface area (Å²) >= 11 is 1.65. The number of fused-ring (bicyclic) bond motifs is 1. The summed E-state index contributed by atoms with van der Waals surface area (Å²) in [6.45, 7) is 2.08. The molecular weight excluding hydrogens is 232 g/mol. The molecule has 0 bridgehead atoms. The smallest absolute Gasteiger partial charge is 0.188 e. The van der Waals surface area contributed by atoms with E-state index < -0.39 is 0 Å². The van der Waals surface area contributed by atoms with Crippen molar-refractivity contribution in [3.63, 3.8) is 0 Å².